The van der Waals surface area contributed by atoms with E-state index in [1.54, 1.807) is 11.3 Å². The van der Waals surface area contributed by atoms with Gasteiger partial charge >= 0.3 is 0 Å². The fraction of sp³-hybridized carbons (Fsp3) is 0.786. The van der Waals surface area contributed by atoms with Gasteiger partial charge in [-0.25, -0.2) is 4.98 Å². The number of rotatable bonds is 3. The zero-order valence-corrected chi connectivity index (χ0v) is 14.0. The highest BCUT2D eigenvalue weighted by molar-refractivity contribution is 8.00. The van der Waals surface area contributed by atoms with Crippen molar-refractivity contribution in [1.29, 1.82) is 0 Å². The predicted molar refractivity (Wildman–Crippen MR) is 87.5 cm³/mol. The van der Waals surface area contributed by atoms with Crippen molar-refractivity contribution in [1.82, 2.24) is 4.98 Å². The van der Waals surface area contributed by atoms with Crippen LogP contribution in [0.4, 0.5) is 5.13 Å². The first-order chi connectivity index (χ1) is 8.95. The molecule has 0 saturated carbocycles. The summed E-state index contributed by atoms with van der Waals surface area (Å²) in [5, 5.41) is 1.92. The number of anilines is 1. The maximum absolute atomic E-state index is 5.89. The van der Waals surface area contributed by atoms with Crippen LogP contribution in [0.2, 0.25) is 0 Å². The summed E-state index contributed by atoms with van der Waals surface area (Å²) in [6.45, 7) is 11.8. The number of aromatic nitrogens is 1. The molecule has 2 heterocycles. The Morgan fingerprint density at radius 3 is 2.68 bits per heavy atom. The van der Waals surface area contributed by atoms with E-state index >= 15 is 0 Å². The first-order valence-corrected chi connectivity index (χ1v) is 8.89. The molecule has 1 aliphatic rings. The molecule has 19 heavy (non-hydrogen) atoms. The molecular weight excluding hydrogens is 274 g/mol. The Labute approximate surface area is 125 Å². The molecule has 3 nitrogen and oxygen atoms in total. The van der Waals surface area contributed by atoms with Crippen LogP contribution in [0.25, 0.3) is 0 Å². The Balaban J connectivity index is 2.23. The van der Waals surface area contributed by atoms with Crippen LogP contribution in [0.3, 0.4) is 0 Å². The first-order valence-electron chi connectivity index (χ1n) is 7.02. The van der Waals surface area contributed by atoms with Gasteiger partial charge in [-0.15, -0.1) is 11.3 Å². The minimum Gasteiger partial charge on any atom is -0.346 e. The van der Waals surface area contributed by atoms with Gasteiger partial charge in [0.1, 0.15) is 0 Å². The lowest BCUT2D eigenvalue weighted by molar-refractivity contribution is 0.565. The zero-order valence-electron chi connectivity index (χ0n) is 12.4. The van der Waals surface area contributed by atoms with E-state index < -0.39 is 0 Å². The molecule has 1 aromatic heterocycles. The summed E-state index contributed by atoms with van der Waals surface area (Å²) in [7, 11) is 0. The van der Waals surface area contributed by atoms with Crippen molar-refractivity contribution in [2.45, 2.75) is 51.3 Å². The van der Waals surface area contributed by atoms with E-state index in [4.69, 9.17) is 10.7 Å². The van der Waals surface area contributed by atoms with Crippen LogP contribution in [-0.2, 0) is 12.0 Å². The molecule has 108 valence electrons. The monoisotopic (exact) mass is 299 g/mol. The number of thioether (sulfide) groups is 1. The minimum atomic E-state index is 0.0815. The van der Waals surface area contributed by atoms with Gasteiger partial charge in [-0.3, -0.25) is 0 Å². The van der Waals surface area contributed by atoms with Crippen molar-refractivity contribution in [3.63, 3.8) is 0 Å². The van der Waals surface area contributed by atoms with Gasteiger partial charge in [0, 0.05) is 40.9 Å². The van der Waals surface area contributed by atoms with E-state index in [0.29, 0.717) is 6.54 Å². The average Bonchev–Trinajstić information content (AvgIpc) is 2.83. The molecule has 2 rings (SSSR count). The van der Waals surface area contributed by atoms with Crippen LogP contribution in [-0.4, -0.2) is 29.1 Å². The second kappa shape index (κ2) is 6.02. The smallest absolute Gasteiger partial charge is 0.185 e. The lowest BCUT2D eigenvalue weighted by Gasteiger charge is -2.31. The summed E-state index contributed by atoms with van der Waals surface area (Å²) in [4.78, 5) is 8.59. The number of thiazole rings is 1. The lowest BCUT2D eigenvalue weighted by atomic mass is 9.91. The molecule has 1 saturated heterocycles. The van der Waals surface area contributed by atoms with Crippen LogP contribution < -0.4 is 10.6 Å². The van der Waals surface area contributed by atoms with E-state index in [2.05, 4.69) is 44.4 Å². The highest BCUT2D eigenvalue weighted by Crippen LogP contribution is 2.35. The Hall–Kier alpha value is -0.260. The summed E-state index contributed by atoms with van der Waals surface area (Å²) in [5.41, 5.74) is 7.15. The van der Waals surface area contributed by atoms with Crippen LogP contribution in [0.5, 0.6) is 0 Å². The van der Waals surface area contributed by atoms with Crippen LogP contribution >= 0.6 is 23.1 Å². The fourth-order valence-corrected chi connectivity index (χ4v) is 4.70. The van der Waals surface area contributed by atoms with Gasteiger partial charge in [0.25, 0.3) is 0 Å². The van der Waals surface area contributed by atoms with Gasteiger partial charge in [0.15, 0.2) is 5.13 Å². The standard InChI is InChI=1S/C14H25N3S2/c1-5-10-9-17(6-7-18-10)13-16-12(14(2,3)4)11(8-15)19-13/h10H,5-9,15H2,1-4H3. The third-order valence-electron chi connectivity index (χ3n) is 3.45. The Morgan fingerprint density at radius 2 is 2.16 bits per heavy atom. The third-order valence-corrected chi connectivity index (χ3v) is 5.96. The topological polar surface area (TPSA) is 42.2 Å². The molecule has 1 aromatic rings. The second-order valence-corrected chi connectivity index (χ2v) is 8.54. The minimum absolute atomic E-state index is 0.0815. The maximum atomic E-state index is 5.89. The number of hydrogen-bond acceptors (Lipinski definition) is 5. The largest absolute Gasteiger partial charge is 0.346 e. The zero-order chi connectivity index (χ0) is 14.0. The fourth-order valence-electron chi connectivity index (χ4n) is 2.34. The van der Waals surface area contributed by atoms with Gasteiger partial charge in [-0.05, 0) is 6.42 Å². The highest BCUT2D eigenvalue weighted by atomic mass is 32.2. The first kappa shape index (κ1) is 15.1. The van der Waals surface area contributed by atoms with Crippen molar-refractivity contribution in [3.8, 4) is 0 Å². The van der Waals surface area contributed by atoms with Crippen molar-refractivity contribution in [2.24, 2.45) is 5.73 Å². The molecule has 0 spiro atoms. The number of hydrogen-bond donors (Lipinski definition) is 1. The third kappa shape index (κ3) is 3.44. The van der Waals surface area contributed by atoms with Crippen molar-refractivity contribution in [3.05, 3.63) is 10.6 Å². The summed E-state index contributed by atoms with van der Waals surface area (Å²) in [6.07, 6.45) is 1.24. The SMILES string of the molecule is CCC1CN(c2nc(C(C)(C)C)c(CN)s2)CCS1. The summed E-state index contributed by atoms with van der Waals surface area (Å²) in [5.74, 6) is 1.21. The van der Waals surface area contributed by atoms with Crippen LogP contribution in [0.1, 0.15) is 44.7 Å². The summed E-state index contributed by atoms with van der Waals surface area (Å²) >= 11 is 3.88. The van der Waals surface area contributed by atoms with Gasteiger partial charge in [0.05, 0.1) is 5.69 Å². The molecule has 0 bridgehead atoms. The van der Waals surface area contributed by atoms with Crippen LogP contribution in [0.15, 0.2) is 0 Å². The van der Waals surface area contributed by atoms with E-state index in [1.165, 1.54) is 27.9 Å². The van der Waals surface area contributed by atoms with E-state index in [9.17, 15) is 0 Å². The Kier molecular flexibility index (Phi) is 4.79. The quantitative estimate of drug-likeness (QED) is 0.930. The van der Waals surface area contributed by atoms with Gasteiger partial charge in [0.2, 0.25) is 0 Å². The Morgan fingerprint density at radius 1 is 1.42 bits per heavy atom. The lowest BCUT2D eigenvalue weighted by Crippen LogP contribution is -2.37. The molecule has 1 aliphatic heterocycles. The molecular formula is C14H25N3S2. The van der Waals surface area contributed by atoms with Crippen molar-refractivity contribution in [2.75, 3.05) is 23.7 Å². The van der Waals surface area contributed by atoms with Crippen LogP contribution in [0, 0.1) is 0 Å². The molecule has 0 aliphatic carbocycles. The average molecular weight is 300 g/mol. The number of nitrogens with two attached hydrogens (primary N) is 1. The number of nitrogens with zero attached hydrogens (tertiary/aromatic N) is 2. The summed E-state index contributed by atoms with van der Waals surface area (Å²) in [6, 6.07) is 0. The van der Waals surface area contributed by atoms with Crippen molar-refractivity contribution < 1.29 is 0 Å². The van der Waals surface area contributed by atoms with E-state index in [0.717, 1.165) is 18.3 Å². The molecule has 0 amide bonds. The summed E-state index contributed by atoms with van der Waals surface area (Å²) < 4.78 is 0. The molecule has 5 heteroatoms. The van der Waals surface area contributed by atoms with Gasteiger partial charge < -0.3 is 10.6 Å². The molecule has 1 atom stereocenters. The maximum Gasteiger partial charge on any atom is 0.185 e. The second-order valence-electron chi connectivity index (χ2n) is 6.07. The van der Waals surface area contributed by atoms with Crippen molar-refractivity contribution >= 4 is 28.2 Å². The van der Waals surface area contributed by atoms with Gasteiger partial charge in [-0.1, -0.05) is 27.7 Å². The Bertz CT molecular complexity index is 423. The van der Waals surface area contributed by atoms with E-state index in [1.807, 2.05) is 0 Å². The molecule has 0 aromatic carbocycles. The highest BCUT2D eigenvalue weighted by Gasteiger charge is 2.26. The predicted octanol–water partition coefficient (Wildman–Crippen LogP) is 3.23. The molecule has 1 unspecified atom stereocenters. The molecule has 1 fully saturated rings. The van der Waals surface area contributed by atoms with Gasteiger partial charge in [-0.2, -0.15) is 11.8 Å². The molecule has 0 radical (unpaired) electrons. The molecule has 2 N–H and O–H groups in total. The normalized spacial score (nSPS) is 20.9. The van der Waals surface area contributed by atoms with E-state index in [-0.39, 0.29) is 5.41 Å².